The van der Waals surface area contributed by atoms with Gasteiger partial charge >= 0.3 is 5.97 Å². The van der Waals surface area contributed by atoms with E-state index in [0.717, 1.165) is 24.0 Å². The summed E-state index contributed by atoms with van der Waals surface area (Å²) in [4.78, 5) is 24.6. The standard InChI is InChI=1S/C22H29NO3S/c1-3-4-5-6-7-8-12-15-19(24)23-21-20(22(25)26-2)18(16-27-21)17-13-10-9-11-14-17/h9-11,13-14,16H,3-8,12,15H2,1-2H3,(H,23,24). The minimum absolute atomic E-state index is 0.0461. The first kappa shape index (κ1) is 21.2. The van der Waals surface area contributed by atoms with Gasteiger partial charge in [-0.25, -0.2) is 4.79 Å². The van der Waals surface area contributed by atoms with Crippen molar-refractivity contribution in [2.24, 2.45) is 0 Å². The largest absolute Gasteiger partial charge is 0.465 e. The van der Waals surface area contributed by atoms with Crippen molar-refractivity contribution >= 4 is 28.2 Å². The Morgan fingerprint density at radius 1 is 1.00 bits per heavy atom. The lowest BCUT2D eigenvalue weighted by Gasteiger charge is -2.08. The Morgan fingerprint density at radius 2 is 1.67 bits per heavy atom. The maximum atomic E-state index is 12.3. The second-order valence-electron chi connectivity index (χ2n) is 6.63. The fourth-order valence-corrected chi connectivity index (χ4v) is 3.99. The molecule has 5 heteroatoms. The number of rotatable bonds is 11. The van der Waals surface area contributed by atoms with Crippen LogP contribution in [0.4, 0.5) is 5.00 Å². The zero-order valence-corrected chi connectivity index (χ0v) is 17.1. The number of unbranched alkanes of at least 4 members (excludes halogenated alkanes) is 6. The predicted molar refractivity (Wildman–Crippen MR) is 112 cm³/mol. The molecule has 0 saturated carbocycles. The summed E-state index contributed by atoms with van der Waals surface area (Å²) in [5.74, 6) is -0.475. The molecule has 0 radical (unpaired) electrons. The van der Waals surface area contributed by atoms with Crippen molar-refractivity contribution in [3.05, 3.63) is 41.3 Å². The highest BCUT2D eigenvalue weighted by Crippen LogP contribution is 2.36. The number of anilines is 1. The summed E-state index contributed by atoms with van der Waals surface area (Å²) in [5, 5.41) is 5.36. The third kappa shape index (κ3) is 6.51. The molecule has 0 fully saturated rings. The van der Waals surface area contributed by atoms with Crippen LogP contribution in [0.3, 0.4) is 0 Å². The smallest absolute Gasteiger partial charge is 0.341 e. The summed E-state index contributed by atoms with van der Waals surface area (Å²) < 4.78 is 4.94. The van der Waals surface area contributed by atoms with E-state index in [-0.39, 0.29) is 5.91 Å². The van der Waals surface area contributed by atoms with Crippen molar-refractivity contribution in [3.63, 3.8) is 0 Å². The normalized spacial score (nSPS) is 10.6. The Morgan fingerprint density at radius 3 is 2.33 bits per heavy atom. The number of thiophene rings is 1. The summed E-state index contributed by atoms with van der Waals surface area (Å²) in [7, 11) is 1.36. The van der Waals surface area contributed by atoms with Gasteiger partial charge in [-0.3, -0.25) is 4.79 Å². The van der Waals surface area contributed by atoms with Crippen LogP contribution in [0.2, 0.25) is 0 Å². The van der Waals surface area contributed by atoms with E-state index in [0.29, 0.717) is 17.0 Å². The Bertz CT molecular complexity index is 724. The van der Waals surface area contributed by atoms with Crippen LogP contribution >= 0.6 is 11.3 Å². The van der Waals surface area contributed by atoms with Crippen LogP contribution in [0.1, 0.15) is 68.6 Å². The van der Waals surface area contributed by atoms with E-state index in [4.69, 9.17) is 4.74 Å². The van der Waals surface area contributed by atoms with Gasteiger partial charge in [-0.1, -0.05) is 75.8 Å². The first-order valence-electron chi connectivity index (χ1n) is 9.72. The number of ether oxygens (including phenoxy) is 1. The fourth-order valence-electron chi connectivity index (χ4n) is 3.02. The molecule has 4 nitrogen and oxygen atoms in total. The molecular weight excluding hydrogens is 358 g/mol. The van der Waals surface area contributed by atoms with E-state index in [1.807, 2.05) is 35.7 Å². The molecule has 27 heavy (non-hydrogen) atoms. The Labute approximate surface area is 165 Å². The van der Waals surface area contributed by atoms with Crippen LogP contribution in [-0.4, -0.2) is 19.0 Å². The van der Waals surface area contributed by atoms with E-state index in [1.54, 1.807) is 0 Å². The highest BCUT2D eigenvalue weighted by Gasteiger charge is 2.22. The van der Waals surface area contributed by atoms with Crippen molar-refractivity contribution < 1.29 is 14.3 Å². The molecule has 1 aromatic heterocycles. The zero-order valence-electron chi connectivity index (χ0n) is 16.3. The van der Waals surface area contributed by atoms with Crippen molar-refractivity contribution in [1.82, 2.24) is 0 Å². The molecule has 0 spiro atoms. The third-order valence-corrected chi connectivity index (χ3v) is 5.42. The number of hydrogen-bond acceptors (Lipinski definition) is 4. The fraction of sp³-hybridized carbons (Fsp3) is 0.455. The number of methoxy groups -OCH3 is 1. The van der Waals surface area contributed by atoms with Crippen molar-refractivity contribution in [2.75, 3.05) is 12.4 Å². The Balaban J connectivity index is 1.95. The number of carbonyl (C=O) groups excluding carboxylic acids is 2. The van der Waals surface area contributed by atoms with E-state index >= 15 is 0 Å². The van der Waals surface area contributed by atoms with Crippen molar-refractivity contribution in [3.8, 4) is 11.1 Å². The molecule has 2 rings (SSSR count). The molecule has 0 aliphatic carbocycles. The molecule has 1 N–H and O–H groups in total. The van der Waals surface area contributed by atoms with Crippen LogP contribution < -0.4 is 5.32 Å². The molecule has 1 amide bonds. The number of carbonyl (C=O) groups is 2. The summed E-state index contributed by atoms with van der Waals surface area (Å²) in [6, 6.07) is 9.66. The summed E-state index contributed by atoms with van der Waals surface area (Å²) in [5.41, 5.74) is 2.15. The topological polar surface area (TPSA) is 55.4 Å². The van der Waals surface area contributed by atoms with Gasteiger partial charge in [-0.2, -0.15) is 0 Å². The monoisotopic (exact) mass is 387 g/mol. The zero-order chi connectivity index (χ0) is 19.5. The summed E-state index contributed by atoms with van der Waals surface area (Å²) in [6.45, 7) is 2.21. The number of benzene rings is 1. The molecular formula is C22H29NO3S. The molecule has 1 heterocycles. The van der Waals surface area contributed by atoms with Crippen LogP contribution in [-0.2, 0) is 9.53 Å². The second-order valence-corrected chi connectivity index (χ2v) is 7.51. The van der Waals surface area contributed by atoms with Gasteiger partial charge < -0.3 is 10.1 Å². The SMILES string of the molecule is CCCCCCCCCC(=O)Nc1scc(-c2ccccc2)c1C(=O)OC. The average Bonchev–Trinajstić information content (AvgIpc) is 3.10. The number of amides is 1. The Kier molecular flexibility index (Phi) is 9.05. The minimum atomic E-state index is -0.429. The third-order valence-electron chi connectivity index (χ3n) is 4.53. The van der Waals surface area contributed by atoms with E-state index in [1.165, 1.54) is 50.6 Å². The molecule has 0 atom stereocenters. The minimum Gasteiger partial charge on any atom is -0.465 e. The average molecular weight is 388 g/mol. The molecule has 0 unspecified atom stereocenters. The first-order valence-corrected chi connectivity index (χ1v) is 10.6. The van der Waals surface area contributed by atoms with E-state index in [9.17, 15) is 9.59 Å². The van der Waals surface area contributed by atoms with E-state index < -0.39 is 5.97 Å². The van der Waals surface area contributed by atoms with E-state index in [2.05, 4.69) is 12.2 Å². The summed E-state index contributed by atoms with van der Waals surface area (Å²) >= 11 is 1.36. The Hall–Kier alpha value is -2.14. The van der Waals surface area contributed by atoms with Gasteiger partial charge in [0.05, 0.1) is 7.11 Å². The van der Waals surface area contributed by atoms with Gasteiger partial charge in [-0.15, -0.1) is 11.3 Å². The predicted octanol–water partition coefficient (Wildman–Crippen LogP) is 6.28. The van der Waals surface area contributed by atoms with Crippen LogP contribution in [0.25, 0.3) is 11.1 Å². The maximum Gasteiger partial charge on any atom is 0.341 e. The molecule has 0 saturated heterocycles. The van der Waals surface area contributed by atoms with Gasteiger partial charge in [0.1, 0.15) is 10.6 Å². The second kappa shape index (κ2) is 11.5. The molecule has 146 valence electrons. The number of esters is 1. The highest BCUT2D eigenvalue weighted by atomic mass is 32.1. The summed E-state index contributed by atoms with van der Waals surface area (Å²) in [6.07, 6.45) is 8.67. The van der Waals surface area contributed by atoms with Crippen molar-refractivity contribution in [2.45, 2.75) is 58.3 Å². The quantitative estimate of drug-likeness (QED) is 0.364. The van der Waals surface area contributed by atoms with Gasteiger partial charge in [0, 0.05) is 17.4 Å². The molecule has 2 aromatic rings. The van der Waals surface area contributed by atoms with Crippen LogP contribution in [0, 0.1) is 0 Å². The lowest BCUT2D eigenvalue weighted by Crippen LogP contribution is -2.13. The molecule has 0 aliphatic rings. The van der Waals surface area contributed by atoms with Crippen LogP contribution in [0.5, 0.6) is 0 Å². The van der Waals surface area contributed by atoms with Gasteiger partial charge in [0.15, 0.2) is 0 Å². The highest BCUT2D eigenvalue weighted by molar-refractivity contribution is 7.15. The number of hydrogen-bond donors (Lipinski definition) is 1. The van der Waals surface area contributed by atoms with Crippen LogP contribution in [0.15, 0.2) is 35.7 Å². The first-order chi connectivity index (χ1) is 13.2. The van der Waals surface area contributed by atoms with Gasteiger partial charge in [0.25, 0.3) is 0 Å². The molecule has 0 bridgehead atoms. The lowest BCUT2D eigenvalue weighted by molar-refractivity contribution is -0.116. The van der Waals surface area contributed by atoms with Crippen molar-refractivity contribution in [1.29, 1.82) is 0 Å². The molecule has 0 aliphatic heterocycles. The maximum absolute atomic E-state index is 12.3. The molecule has 1 aromatic carbocycles. The lowest BCUT2D eigenvalue weighted by atomic mass is 10.0. The van der Waals surface area contributed by atoms with Gasteiger partial charge in [0.2, 0.25) is 5.91 Å². The number of nitrogens with one attached hydrogen (secondary N) is 1. The van der Waals surface area contributed by atoms with Gasteiger partial charge in [-0.05, 0) is 12.0 Å².